The van der Waals surface area contributed by atoms with E-state index in [1.165, 1.54) is 10.5 Å². The minimum atomic E-state index is -0.250. The van der Waals surface area contributed by atoms with E-state index in [-0.39, 0.29) is 18.5 Å². The van der Waals surface area contributed by atoms with Crippen molar-refractivity contribution < 1.29 is 9.59 Å². The molecule has 7 heteroatoms. The van der Waals surface area contributed by atoms with Crippen LogP contribution in [0.1, 0.15) is 30.7 Å². The lowest BCUT2D eigenvalue weighted by Crippen LogP contribution is -2.37. The van der Waals surface area contributed by atoms with Crippen molar-refractivity contribution in [3.63, 3.8) is 0 Å². The molecule has 0 radical (unpaired) electrons. The molecule has 0 saturated carbocycles. The molecule has 22 heavy (non-hydrogen) atoms. The third kappa shape index (κ3) is 3.30. The van der Waals surface area contributed by atoms with Crippen LogP contribution < -0.4 is 5.32 Å². The van der Waals surface area contributed by atoms with E-state index in [2.05, 4.69) is 21.5 Å². The fourth-order valence-corrected chi connectivity index (χ4v) is 3.27. The van der Waals surface area contributed by atoms with E-state index in [1.807, 2.05) is 17.9 Å². The van der Waals surface area contributed by atoms with Crippen molar-refractivity contribution in [2.45, 2.75) is 25.2 Å². The number of rotatable bonds is 5. The Labute approximate surface area is 130 Å². The maximum Gasteiger partial charge on any atom is 0.324 e. The van der Waals surface area contributed by atoms with Crippen LogP contribution in [0.4, 0.5) is 4.79 Å². The summed E-state index contributed by atoms with van der Waals surface area (Å²) in [4.78, 5) is 26.7. The van der Waals surface area contributed by atoms with Gasteiger partial charge in [-0.05, 0) is 50.4 Å². The van der Waals surface area contributed by atoms with Crippen molar-refractivity contribution in [1.29, 1.82) is 0 Å². The zero-order chi connectivity index (χ0) is 15.5. The predicted molar refractivity (Wildman–Crippen MR) is 81.4 cm³/mol. The Balaban J connectivity index is 1.39. The van der Waals surface area contributed by atoms with Gasteiger partial charge in [-0.1, -0.05) is 0 Å². The summed E-state index contributed by atoms with van der Waals surface area (Å²) in [6.45, 7) is 3.75. The van der Waals surface area contributed by atoms with Crippen LogP contribution in [0, 0.1) is 0 Å². The molecule has 0 aromatic carbocycles. The van der Waals surface area contributed by atoms with Gasteiger partial charge in [-0.25, -0.2) is 4.79 Å². The molecule has 1 N–H and O–H groups in total. The number of carbonyl (C=O) groups excluding carboxylic acids is 2. The molecule has 0 atom stereocenters. The highest BCUT2D eigenvalue weighted by molar-refractivity contribution is 6.01. The number of imide groups is 1. The number of urea groups is 1. The molecule has 0 aliphatic carbocycles. The Morgan fingerprint density at radius 3 is 2.64 bits per heavy atom. The second-order valence-corrected chi connectivity index (χ2v) is 6.12. The van der Waals surface area contributed by atoms with Gasteiger partial charge in [-0.15, -0.1) is 0 Å². The first-order valence-corrected chi connectivity index (χ1v) is 7.92. The van der Waals surface area contributed by atoms with E-state index in [0.717, 1.165) is 38.9 Å². The minimum Gasteiger partial charge on any atom is -0.329 e. The fraction of sp³-hybridized carbons (Fsp3) is 0.667. The maximum atomic E-state index is 11.5. The number of piperidine rings is 1. The second kappa shape index (κ2) is 6.48. The van der Waals surface area contributed by atoms with Crippen LogP contribution in [0.5, 0.6) is 0 Å². The fourth-order valence-electron chi connectivity index (χ4n) is 3.27. The average molecular weight is 305 g/mol. The molecule has 2 aliphatic rings. The molecule has 3 rings (SSSR count). The quantitative estimate of drug-likeness (QED) is 0.806. The number of nitrogens with zero attached hydrogens (tertiary/aromatic N) is 4. The first-order valence-electron chi connectivity index (χ1n) is 7.92. The van der Waals surface area contributed by atoms with Crippen LogP contribution in [0.15, 0.2) is 12.4 Å². The normalized spacial score (nSPS) is 20.7. The smallest absolute Gasteiger partial charge is 0.324 e. The van der Waals surface area contributed by atoms with Crippen molar-refractivity contribution in [3.05, 3.63) is 18.0 Å². The molecular weight excluding hydrogens is 282 g/mol. The van der Waals surface area contributed by atoms with Crippen LogP contribution in [0.25, 0.3) is 0 Å². The monoisotopic (exact) mass is 305 g/mol. The molecule has 120 valence electrons. The highest BCUT2D eigenvalue weighted by Gasteiger charge is 2.28. The zero-order valence-electron chi connectivity index (χ0n) is 13.0. The van der Waals surface area contributed by atoms with Crippen LogP contribution in [0.2, 0.25) is 0 Å². The number of nitrogens with one attached hydrogen (secondary N) is 1. The predicted octanol–water partition coefficient (Wildman–Crippen LogP) is 0.541. The van der Waals surface area contributed by atoms with Crippen molar-refractivity contribution in [2.75, 3.05) is 32.7 Å². The van der Waals surface area contributed by atoms with E-state index >= 15 is 0 Å². The third-order valence-corrected chi connectivity index (χ3v) is 4.58. The average Bonchev–Trinajstić information content (AvgIpc) is 3.08. The molecule has 1 aromatic heterocycles. The van der Waals surface area contributed by atoms with Crippen molar-refractivity contribution in [1.82, 2.24) is 24.9 Å². The lowest BCUT2D eigenvalue weighted by atomic mass is 9.91. The van der Waals surface area contributed by atoms with Gasteiger partial charge in [0.05, 0.1) is 12.7 Å². The van der Waals surface area contributed by atoms with Gasteiger partial charge in [-0.3, -0.25) is 14.4 Å². The Bertz CT molecular complexity index is 532. The van der Waals surface area contributed by atoms with Gasteiger partial charge in [-0.2, -0.15) is 5.10 Å². The molecule has 7 nitrogen and oxygen atoms in total. The highest BCUT2D eigenvalue weighted by atomic mass is 16.2. The second-order valence-electron chi connectivity index (χ2n) is 6.12. The first-order chi connectivity index (χ1) is 10.6. The van der Waals surface area contributed by atoms with Crippen LogP contribution >= 0.6 is 0 Å². The number of aryl methyl sites for hydroxylation is 1. The SMILES string of the molecule is Cn1cc(C2CCN(CCCN3C(=O)CNC3=O)CC2)cn1. The number of aromatic nitrogens is 2. The van der Waals surface area contributed by atoms with Crippen LogP contribution in [0.3, 0.4) is 0 Å². The summed E-state index contributed by atoms with van der Waals surface area (Å²) in [5.74, 6) is 0.496. The van der Waals surface area contributed by atoms with Gasteiger partial charge in [0.2, 0.25) is 5.91 Å². The van der Waals surface area contributed by atoms with Gasteiger partial charge in [0.1, 0.15) is 0 Å². The molecule has 0 bridgehead atoms. The summed E-state index contributed by atoms with van der Waals surface area (Å²) >= 11 is 0. The number of carbonyl (C=O) groups is 2. The molecule has 2 aliphatic heterocycles. The Morgan fingerprint density at radius 2 is 2.05 bits per heavy atom. The molecular formula is C15H23N5O2. The standard InChI is InChI=1S/C15H23N5O2/c1-18-11-13(9-17-18)12-3-7-19(8-4-12)5-2-6-20-14(21)10-16-15(20)22/h9,11-12H,2-8,10H2,1H3,(H,16,22). The number of hydrogen-bond acceptors (Lipinski definition) is 4. The molecule has 2 saturated heterocycles. The zero-order valence-corrected chi connectivity index (χ0v) is 13.0. The molecule has 0 unspecified atom stereocenters. The molecule has 3 heterocycles. The van der Waals surface area contributed by atoms with E-state index in [1.54, 1.807) is 0 Å². The van der Waals surface area contributed by atoms with Crippen molar-refractivity contribution in [3.8, 4) is 0 Å². The molecule has 1 aromatic rings. The highest BCUT2D eigenvalue weighted by Crippen LogP contribution is 2.27. The van der Waals surface area contributed by atoms with E-state index in [9.17, 15) is 9.59 Å². The number of likely N-dealkylation sites (tertiary alicyclic amines) is 1. The van der Waals surface area contributed by atoms with Gasteiger partial charge in [0, 0.05) is 19.8 Å². The van der Waals surface area contributed by atoms with Gasteiger partial charge < -0.3 is 10.2 Å². The Morgan fingerprint density at radius 1 is 1.27 bits per heavy atom. The topological polar surface area (TPSA) is 70.5 Å². The molecule has 0 spiro atoms. The van der Waals surface area contributed by atoms with Gasteiger partial charge in [0.15, 0.2) is 0 Å². The van der Waals surface area contributed by atoms with Gasteiger partial charge >= 0.3 is 6.03 Å². The molecule has 2 fully saturated rings. The van der Waals surface area contributed by atoms with Crippen LogP contribution in [-0.2, 0) is 11.8 Å². The van der Waals surface area contributed by atoms with E-state index < -0.39 is 0 Å². The summed E-state index contributed by atoms with van der Waals surface area (Å²) in [5, 5.41) is 6.80. The lowest BCUT2D eigenvalue weighted by molar-refractivity contribution is -0.125. The molecule has 3 amide bonds. The van der Waals surface area contributed by atoms with Crippen LogP contribution in [-0.4, -0.2) is 64.2 Å². The summed E-state index contributed by atoms with van der Waals surface area (Å²) in [6, 6.07) is -0.250. The van der Waals surface area contributed by atoms with Gasteiger partial charge in [0.25, 0.3) is 0 Å². The summed E-state index contributed by atoms with van der Waals surface area (Å²) in [7, 11) is 1.95. The first kappa shape index (κ1) is 15.0. The minimum absolute atomic E-state index is 0.111. The Kier molecular flexibility index (Phi) is 4.42. The largest absolute Gasteiger partial charge is 0.329 e. The third-order valence-electron chi connectivity index (χ3n) is 4.58. The van der Waals surface area contributed by atoms with E-state index in [0.29, 0.717) is 12.5 Å². The summed E-state index contributed by atoms with van der Waals surface area (Å²) < 4.78 is 1.86. The number of hydrogen-bond donors (Lipinski definition) is 1. The maximum absolute atomic E-state index is 11.5. The van der Waals surface area contributed by atoms with E-state index in [4.69, 9.17) is 0 Å². The van der Waals surface area contributed by atoms with Crippen molar-refractivity contribution >= 4 is 11.9 Å². The Hall–Kier alpha value is -1.89. The summed E-state index contributed by atoms with van der Waals surface area (Å²) in [5.41, 5.74) is 1.33. The lowest BCUT2D eigenvalue weighted by Gasteiger charge is -2.31. The van der Waals surface area contributed by atoms with Crippen molar-refractivity contribution in [2.24, 2.45) is 7.05 Å². The number of amides is 3. The summed E-state index contributed by atoms with van der Waals surface area (Å²) in [6.07, 6.45) is 7.22.